The van der Waals surface area contributed by atoms with Crippen molar-refractivity contribution < 1.29 is 20.1 Å². The van der Waals surface area contributed by atoms with Crippen molar-refractivity contribution in [3.05, 3.63) is 126 Å². The van der Waals surface area contributed by atoms with Gasteiger partial charge >= 0.3 is 0 Å². The van der Waals surface area contributed by atoms with Gasteiger partial charge in [-0.05, 0) is 36.7 Å². The van der Waals surface area contributed by atoms with Gasteiger partial charge in [-0.25, -0.2) is 0 Å². The zero-order valence-corrected chi connectivity index (χ0v) is 21.8. The van der Waals surface area contributed by atoms with Gasteiger partial charge in [-0.15, -0.1) is 70.8 Å². The van der Waals surface area contributed by atoms with Gasteiger partial charge in [0.25, 0.3) is 0 Å². The van der Waals surface area contributed by atoms with Crippen LogP contribution < -0.4 is 0 Å². The fraction of sp³-hybridized carbons (Fsp3) is 0.100. The zero-order valence-electron chi connectivity index (χ0n) is 19.4. The van der Waals surface area contributed by atoms with E-state index in [2.05, 4.69) is 78.2 Å². The minimum Gasteiger partial charge on any atom is -0.304 e. The number of pyridine rings is 1. The van der Waals surface area contributed by atoms with Gasteiger partial charge in [0.2, 0.25) is 0 Å². The van der Waals surface area contributed by atoms with E-state index in [0.29, 0.717) is 5.82 Å². The Labute approximate surface area is 215 Å². The largest absolute Gasteiger partial charge is 0.304 e. The number of aryl methyl sites for hydroxylation is 3. The Morgan fingerprint density at radius 2 is 1.32 bits per heavy atom. The fourth-order valence-corrected chi connectivity index (χ4v) is 3.34. The Hall–Kier alpha value is -3.46. The molecule has 3 nitrogen and oxygen atoms in total. The molecule has 0 saturated carbocycles. The van der Waals surface area contributed by atoms with Crippen LogP contribution in [0.3, 0.4) is 0 Å². The molecular weight excluding hydrogens is 595 g/mol. The van der Waals surface area contributed by atoms with E-state index in [0.717, 1.165) is 22.4 Å². The topological polar surface area (TPSA) is 38.7 Å². The summed E-state index contributed by atoms with van der Waals surface area (Å²) in [7, 11) is 0. The van der Waals surface area contributed by atoms with Crippen molar-refractivity contribution in [2.24, 2.45) is 0 Å². The third-order valence-corrected chi connectivity index (χ3v) is 5.32. The van der Waals surface area contributed by atoms with Gasteiger partial charge in [-0.2, -0.15) is 0 Å². The summed E-state index contributed by atoms with van der Waals surface area (Å²) < 4.78 is 0. The molecule has 171 valence electrons. The van der Waals surface area contributed by atoms with E-state index in [-0.39, 0.29) is 20.1 Å². The molecule has 0 aliphatic rings. The summed E-state index contributed by atoms with van der Waals surface area (Å²) in [4.78, 5) is 12.9. The van der Waals surface area contributed by atoms with Crippen LogP contribution in [0.15, 0.2) is 97.5 Å². The molecule has 4 heteroatoms. The van der Waals surface area contributed by atoms with Gasteiger partial charge in [0, 0.05) is 38.7 Å². The molecule has 0 N–H and O–H groups in total. The van der Waals surface area contributed by atoms with Crippen LogP contribution in [0.4, 0.5) is 0 Å². The van der Waals surface area contributed by atoms with Crippen molar-refractivity contribution >= 4 is 0 Å². The quantitative estimate of drug-likeness (QED) is 0.203. The summed E-state index contributed by atoms with van der Waals surface area (Å²) in [6, 6.07) is 32.7. The van der Waals surface area contributed by atoms with Gasteiger partial charge in [0.1, 0.15) is 0 Å². The van der Waals surface area contributed by atoms with Crippen molar-refractivity contribution in [2.75, 3.05) is 0 Å². The molecule has 0 unspecified atom stereocenters. The number of hydrogen-bond donors (Lipinski definition) is 0. The Kier molecular flexibility index (Phi) is 8.98. The first-order chi connectivity index (χ1) is 16.1. The summed E-state index contributed by atoms with van der Waals surface area (Å²) in [5.74, 6) is 0.704. The summed E-state index contributed by atoms with van der Waals surface area (Å²) in [5.41, 5.74) is 9.06. The Morgan fingerprint density at radius 1 is 0.618 bits per heavy atom. The van der Waals surface area contributed by atoms with Crippen LogP contribution in [0.2, 0.25) is 0 Å². The molecular formula is C30H25IrN3-2. The number of benzene rings is 3. The Bertz CT molecular complexity index is 1280. The average Bonchev–Trinajstić information content (AvgIpc) is 2.87. The van der Waals surface area contributed by atoms with Crippen LogP contribution in [0, 0.1) is 32.9 Å². The summed E-state index contributed by atoms with van der Waals surface area (Å²) >= 11 is 0. The van der Waals surface area contributed by atoms with Crippen molar-refractivity contribution in [1.29, 1.82) is 0 Å². The standard InChI is InChI=1S/C16H11N2.C14H14N.Ir/c1-2-6-13(7-3-1)14-8-4-9-15(12-14)16-17-10-5-11-18-16;1-10-5-4-6-13(7-10)14-8-11(2)12(3)9-15-14;/h1-8,10-12H;4-5,7-9H,1-3H3;/q2*-1;. The van der Waals surface area contributed by atoms with E-state index < -0.39 is 0 Å². The van der Waals surface area contributed by atoms with Gasteiger partial charge in [0.05, 0.1) is 5.82 Å². The van der Waals surface area contributed by atoms with Gasteiger partial charge in [-0.1, -0.05) is 48.9 Å². The second-order valence-corrected chi connectivity index (χ2v) is 7.86. The molecule has 0 atom stereocenters. The number of aromatic nitrogens is 3. The molecule has 3 aromatic carbocycles. The van der Waals surface area contributed by atoms with Crippen molar-refractivity contribution in [2.45, 2.75) is 20.8 Å². The molecule has 2 heterocycles. The van der Waals surface area contributed by atoms with E-state index >= 15 is 0 Å². The third kappa shape index (κ3) is 6.54. The summed E-state index contributed by atoms with van der Waals surface area (Å²) in [5, 5.41) is 0. The minimum absolute atomic E-state index is 0. The average molecular weight is 620 g/mol. The first-order valence-corrected chi connectivity index (χ1v) is 10.9. The van der Waals surface area contributed by atoms with Crippen LogP contribution in [0.1, 0.15) is 16.7 Å². The van der Waals surface area contributed by atoms with Crippen LogP contribution in [-0.4, -0.2) is 15.0 Å². The molecule has 5 rings (SSSR count). The number of nitrogens with zero attached hydrogens (tertiary/aromatic N) is 3. The maximum absolute atomic E-state index is 4.42. The molecule has 0 aliphatic heterocycles. The van der Waals surface area contributed by atoms with Gasteiger partial charge in [-0.3, -0.25) is 9.97 Å². The van der Waals surface area contributed by atoms with Gasteiger partial charge < -0.3 is 4.98 Å². The molecule has 2 aromatic heterocycles. The third-order valence-electron chi connectivity index (χ3n) is 5.32. The molecule has 0 bridgehead atoms. The fourth-order valence-electron chi connectivity index (χ4n) is 3.34. The van der Waals surface area contributed by atoms with E-state index in [1.807, 2.05) is 54.7 Å². The maximum Gasteiger partial charge on any atom is 0.0748 e. The van der Waals surface area contributed by atoms with E-state index in [9.17, 15) is 0 Å². The monoisotopic (exact) mass is 620 g/mol. The Morgan fingerprint density at radius 3 is 2.03 bits per heavy atom. The minimum atomic E-state index is 0. The zero-order chi connectivity index (χ0) is 23.0. The molecule has 5 aromatic rings. The van der Waals surface area contributed by atoms with Crippen molar-refractivity contribution in [3.63, 3.8) is 0 Å². The first kappa shape index (κ1) is 25.2. The van der Waals surface area contributed by atoms with E-state index in [4.69, 9.17) is 0 Å². The Balaban J connectivity index is 0.000000188. The van der Waals surface area contributed by atoms with Crippen LogP contribution in [0.25, 0.3) is 33.8 Å². The molecule has 0 saturated heterocycles. The van der Waals surface area contributed by atoms with Gasteiger partial charge in [0.15, 0.2) is 0 Å². The predicted octanol–water partition coefficient (Wildman–Crippen LogP) is 7.08. The first-order valence-electron chi connectivity index (χ1n) is 10.9. The second kappa shape index (κ2) is 12.1. The smallest absolute Gasteiger partial charge is 0.0748 e. The molecule has 34 heavy (non-hydrogen) atoms. The molecule has 0 fully saturated rings. The predicted molar refractivity (Wildman–Crippen MR) is 134 cm³/mol. The summed E-state index contributed by atoms with van der Waals surface area (Å²) in [6.45, 7) is 6.26. The van der Waals surface area contributed by atoms with Crippen molar-refractivity contribution in [1.82, 2.24) is 15.0 Å². The molecule has 0 aliphatic carbocycles. The van der Waals surface area contributed by atoms with Crippen molar-refractivity contribution in [3.8, 4) is 33.8 Å². The van der Waals surface area contributed by atoms with Crippen LogP contribution >= 0.6 is 0 Å². The maximum atomic E-state index is 4.42. The molecule has 0 amide bonds. The number of hydrogen-bond acceptors (Lipinski definition) is 3. The van der Waals surface area contributed by atoms with Crippen LogP contribution in [-0.2, 0) is 20.1 Å². The second-order valence-electron chi connectivity index (χ2n) is 7.86. The molecule has 1 radical (unpaired) electrons. The van der Waals surface area contributed by atoms with E-state index in [1.165, 1.54) is 22.3 Å². The SMILES string of the molecule is Cc1cc[c-]c(-c2cc(C)c(C)cn2)c1.[Ir].[c-]1ccc(-c2ccccc2)cc1-c1ncccn1. The summed E-state index contributed by atoms with van der Waals surface area (Å²) in [6.07, 6.45) is 5.40. The molecule has 0 spiro atoms. The number of rotatable bonds is 3. The van der Waals surface area contributed by atoms with E-state index in [1.54, 1.807) is 12.4 Å². The normalized spacial score (nSPS) is 9.97. The van der Waals surface area contributed by atoms with Crippen LogP contribution in [0.5, 0.6) is 0 Å².